The Morgan fingerprint density at radius 2 is 1.53 bits per heavy atom. The second-order valence-corrected chi connectivity index (χ2v) is 25.4. The predicted octanol–water partition coefficient (Wildman–Crippen LogP) is 7.33. The molecule has 5 aromatic rings. The standard InChI is InChI=1S/C68H74N4O18/c1-9-35-22-36-29-67(63(76)84-8,58-41(32-71(30-35)31-36)38-14-11-12-15-45(38)69-58)44-27-43-46(28-47(44)80-4)70(3)61-66(43)19-21-72-20-13-18-65(10-2,60(66)72)62(68(61,78)64(77)90-79)89-53(74)17-16-52(73)88-56-40-26-49-48(86-34-87-49)25-39(40)54(55-42(56)33-85-59(55)75)37-23-50(81-5)57(83-7)51(24-37)82-6/h11-15,18,22-28,36,42,54-56,60-62,69,78-79H,9-10,16-17,19-21,29-34H2,1-8H3/t36?,42-,54+,55-,56-,60-,61+,62+,65+,66+,67-,68-/m0/s1. The molecular weight excluding hydrogens is 1160 g/mol. The number of methoxy groups -OCH3 is 5. The van der Waals surface area contributed by atoms with E-state index >= 15 is 4.79 Å². The summed E-state index contributed by atoms with van der Waals surface area (Å²) in [6.07, 6.45) is 4.06. The van der Waals surface area contributed by atoms with E-state index in [0.29, 0.717) is 107 Å². The number of nitrogens with zero attached hydrogens (tertiary/aromatic N) is 3. The van der Waals surface area contributed by atoms with Crippen molar-refractivity contribution in [2.75, 3.05) is 87.1 Å². The summed E-state index contributed by atoms with van der Waals surface area (Å²) < 4.78 is 59.8. The van der Waals surface area contributed by atoms with Gasteiger partial charge in [0, 0.05) is 101 Å². The molecule has 1 spiro atoms. The lowest BCUT2D eigenvalue weighted by Gasteiger charge is -2.63. The van der Waals surface area contributed by atoms with Crippen molar-refractivity contribution in [3.05, 3.63) is 124 Å². The largest absolute Gasteiger partial charge is 0.496 e. The van der Waals surface area contributed by atoms with E-state index in [0.717, 1.165) is 35.0 Å². The van der Waals surface area contributed by atoms with E-state index in [1.165, 1.54) is 34.0 Å². The van der Waals surface area contributed by atoms with Gasteiger partial charge in [0.2, 0.25) is 18.1 Å². The minimum atomic E-state index is -2.80. The molecule has 90 heavy (non-hydrogen) atoms. The summed E-state index contributed by atoms with van der Waals surface area (Å²) in [4.78, 5) is 88.8. The number of esters is 4. The molecule has 2 unspecified atom stereocenters. The molecule has 22 heteroatoms. The van der Waals surface area contributed by atoms with E-state index in [1.807, 2.05) is 49.4 Å². The van der Waals surface area contributed by atoms with Crippen LogP contribution in [0.25, 0.3) is 10.9 Å². The van der Waals surface area contributed by atoms with E-state index in [1.54, 1.807) is 43.3 Å². The van der Waals surface area contributed by atoms with Crippen LogP contribution < -0.4 is 33.3 Å². The molecule has 1 saturated carbocycles. The normalized spacial score (nSPS) is 31.3. The SMILES string of the molecule is CCC1=CC2CN(C1)Cc1c([nH]c3ccccc13)[C@@](C(=O)OC)(c1cc3c(cc1OC)N(C)[C@H]1[C@@](O)(C(=O)OO)[C@H](OC(=O)CCC(=O)O[C@H]4c5cc6c(cc5[C@@H](c5cc(OC)c(OC)c(OC)c5)[C@H]5C(=O)OC[C@@H]54)OCO6)[C@]4(CC)C=CCN5CC[C@]31[C@@H]54)C2. The average Bonchev–Trinajstić information content (AvgIpc) is 1.45. The third-order valence-corrected chi connectivity index (χ3v) is 21.6. The number of H-pyrrole nitrogens is 1. The number of likely N-dealkylation sites (N-methyl/N-ethyl adjacent to an activating group) is 1. The number of hydrogen-bond donors (Lipinski definition) is 3. The van der Waals surface area contributed by atoms with Crippen LogP contribution in [0.1, 0.15) is 103 Å². The van der Waals surface area contributed by atoms with E-state index in [-0.39, 0.29) is 25.7 Å². The zero-order valence-electron chi connectivity index (χ0n) is 51.6. The summed E-state index contributed by atoms with van der Waals surface area (Å²) in [5.41, 5.74) is 0.605. The number of carbonyl (C=O) groups excluding carboxylic acids is 5. The van der Waals surface area contributed by atoms with Gasteiger partial charge in [0.25, 0.3) is 0 Å². The highest BCUT2D eigenvalue weighted by Gasteiger charge is 2.81. The maximum atomic E-state index is 15.5. The highest BCUT2D eigenvalue weighted by Crippen LogP contribution is 2.69. The van der Waals surface area contributed by atoms with Gasteiger partial charge in [-0.1, -0.05) is 55.8 Å². The molecule has 9 aliphatic rings. The Labute approximate surface area is 519 Å². The summed E-state index contributed by atoms with van der Waals surface area (Å²) >= 11 is 0. The number of anilines is 1. The average molecular weight is 1240 g/mol. The zero-order chi connectivity index (χ0) is 62.9. The zero-order valence-corrected chi connectivity index (χ0v) is 51.6. The molecule has 8 heterocycles. The monoisotopic (exact) mass is 1230 g/mol. The van der Waals surface area contributed by atoms with Crippen LogP contribution in [0.5, 0.6) is 34.5 Å². The smallest absolute Gasteiger partial charge is 0.379 e. The van der Waals surface area contributed by atoms with Gasteiger partial charge < -0.3 is 62.4 Å². The molecule has 14 rings (SSSR count). The molecule has 22 nitrogen and oxygen atoms in total. The van der Waals surface area contributed by atoms with Crippen molar-refractivity contribution in [2.45, 2.75) is 106 Å². The van der Waals surface area contributed by atoms with Crippen molar-refractivity contribution in [3.63, 3.8) is 0 Å². The lowest BCUT2D eigenvalue weighted by molar-refractivity contribution is -0.278. The number of para-hydroxylation sites is 1. The lowest BCUT2D eigenvalue weighted by atomic mass is 9.47. The van der Waals surface area contributed by atoms with Crippen LogP contribution in [0.3, 0.4) is 0 Å². The quantitative estimate of drug-likeness (QED) is 0.0305. The van der Waals surface area contributed by atoms with Crippen LogP contribution in [0.2, 0.25) is 0 Å². The number of fused-ring (bicyclic) bond motifs is 9. The summed E-state index contributed by atoms with van der Waals surface area (Å²) in [6.45, 7) is 6.94. The molecule has 2 bridgehead atoms. The first-order valence-electron chi connectivity index (χ1n) is 30.9. The molecule has 4 aromatic carbocycles. The first kappa shape index (κ1) is 59.3. The van der Waals surface area contributed by atoms with Gasteiger partial charge in [-0.15, -0.1) is 0 Å². The van der Waals surface area contributed by atoms with Gasteiger partial charge in [-0.2, -0.15) is 5.26 Å². The van der Waals surface area contributed by atoms with Crippen molar-refractivity contribution in [3.8, 4) is 34.5 Å². The second-order valence-electron chi connectivity index (χ2n) is 25.4. The molecule has 3 fully saturated rings. The van der Waals surface area contributed by atoms with Crippen LogP contribution in [0.15, 0.2) is 84.5 Å². The third-order valence-electron chi connectivity index (χ3n) is 21.6. The van der Waals surface area contributed by atoms with E-state index < -0.39 is 107 Å². The van der Waals surface area contributed by atoms with Crippen molar-refractivity contribution in [1.29, 1.82) is 0 Å². The van der Waals surface area contributed by atoms with Crippen molar-refractivity contribution >= 4 is 46.4 Å². The molecule has 0 amide bonds. The van der Waals surface area contributed by atoms with Crippen molar-refractivity contribution in [1.82, 2.24) is 14.8 Å². The first-order valence-corrected chi connectivity index (χ1v) is 30.9. The number of hydrogen-bond acceptors (Lipinski definition) is 21. The molecule has 7 aliphatic heterocycles. The fourth-order valence-corrected chi connectivity index (χ4v) is 18.1. The van der Waals surface area contributed by atoms with Gasteiger partial charge in [-0.25, -0.2) is 4.79 Å². The Kier molecular flexibility index (Phi) is 14.5. The lowest BCUT2D eigenvalue weighted by Crippen LogP contribution is -2.81. The van der Waals surface area contributed by atoms with Gasteiger partial charge in [-0.3, -0.25) is 33.9 Å². The van der Waals surface area contributed by atoms with Crippen LogP contribution in [0.4, 0.5) is 5.69 Å². The number of cyclic esters (lactones) is 1. The van der Waals surface area contributed by atoms with E-state index in [9.17, 15) is 29.5 Å². The number of aromatic nitrogens is 1. The molecule has 474 valence electrons. The van der Waals surface area contributed by atoms with Crippen LogP contribution in [-0.2, 0) is 65.2 Å². The topological polar surface area (TPSA) is 253 Å². The molecule has 2 saturated heterocycles. The van der Waals surface area contributed by atoms with Crippen LogP contribution >= 0.6 is 0 Å². The first-order chi connectivity index (χ1) is 43.5. The van der Waals surface area contributed by atoms with Gasteiger partial charge >= 0.3 is 29.8 Å². The Morgan fingerprint density at radius 1 is 0.811 bits per heavy atom. The second kappa shape index (κ2) is 22.0. The number of aromatic amines is 1. The minimum absolute atomic E-state index is 0.0580. The highest BCUT2D eigenvalue weighted by atomic mass is 17.1. The Hall–Kier alpha value is -8.31. The Morgan fingerprint density at radius 3 is 2.22 bits per heavy atom. The maximum Gasteiger partial charge on any atom is 0.379 e. The maximum absolute atomic E-state index is 15.5. The number of nitrogens with one attached hydrogen (secondary N) is 1. The Bertz CT molecular complexity index is 3850. The summed E-state index contributed by atoms with van der Waals surface area (Å²) in [7, 11) is 9.19. The number of benzene rings is 4. The highest BCUT2D eigenvalue weighted by molar-refractivity contribution is 5.95. The fourth-order valence-electron chi connectivity index (χ4n) is 18.1. The van der Waals surface area contributed by atoms with Gasteiger partial charge in [0.05, 0.1) is 67.0 Å². The third kappa shape index (κ3) is 8.31. The van der Waals surface area contributed by atoms with Gasteiger partial charge in [0.1, 0.15) is 17.3 Å². The number of carbonyl (C=O) groups is 5. The predicted molar refractivity (Wildman–Crippen MR) is 322 cm³/mol. The molecular formula is C68H74N4O18. The summed E-state index contributed by atoms with van der Waals surface area (Å²) in [5, 5.41) is 25.6. The van der Waals surface area contributed by atoms with Crippen molar-refractivity contribution in [2.24, 2.45) is 23.2 Å². The van der Waals surface area contributed by atoms with Gasteiger partial charge in [0.15, 0.2) is 29.1 Å². The Balaban J connectivity index is 0.824. The van der Waals surface area contributed by atoms with E-state index in [4.69, 9.17) is 47.4 Å². The number of rotatable bonds is 15. The molecule has 2 aliphatic carbocycles. The molecule has 0 radical (unpaired) electrons. The number of aliphatic hydroxyl groups is 1. The minimum Gasteiger partial charge on any atom is -0.496 e. The van der Waals surface area contributed by atoms with Crippen LogP contribution in [0, 0.1) is 23.2 Å². The summed E-state index contributed by atoms with van der Waals surface area (Å²) in [5.74, 6) is -4.25. The fraction of sp³-hybridized carbons (Fsp3) is 0.485. The van der Waals surface area contributed by atoms with E-state index in [2.05, 4.69) is 38.7 Å². The molecule has 3 N–H and O–H groups in total. The molecule has 13 atom stereocenters. The van der Waals surface area contributed by atoms with Crippen molar-refractivity contribution < 1.29 is 86.6 Å². The molecule has 1 aromatic heterocycles. The van der Waals surface area contributed by atoms with Gasteiger partial charge in [-0.05, 0) is 96.8 Å². The van der Waals surface area contributed by atoms with Crippen LogP contribution in [-0.4, -0.2) is 161 Å². The number of ether oxygens (including phenoxy) is 10. The summed E-state index contributed by atoms with van der Waals surface area (Å²) in [6, 6.07) is 17.1.